The van der Waals surface area contributed by atoms with Gasteiger partial charge in [-0.2, -0.15) is 0 Å². The minimum Gasteiger partial charge on any atom is -0.329 e. The fourth-order valence-electron chi connectivity index (χ4n) is 1.71. The molecule has 1 aromatic carbocycles. The summed E-state index contributed by atoms with van der Waals surface area (Å²) in [7, 11) is 0. The standard InChI is InChI=1S/C12H11Cl2NS/c13-9-3-1-4-10(14)12(9)8(7-15)11-5-2-6-16-11/h1-6,8H,7,15H2. The summed E-state index contributed by atoms with van der Waals surface area (Å²) in [4.78, 5) is 1.19. The number of nitrogens with two attached hydrogens (primary N) is 1. The van der Waals surface area contributed by atoms with Crippen molar-refractivity contribution in [3.63, 3.8) is 0 Å². The van der Waals surface area contributed by atoms with Crippen LogP contribution in [-0.2, 0) is 0 Å². The Bertz CT molecular complexity index is 448. The van der Waals surface area contributed by atoms with Gasteiger partial charge in [-0.3, -0.25) is 0 Å². The second kappa shape index (κ2) is 5.19. The van der Waals surface area contributed by atoms with E-state index in [1.165, 1.54) is 4.88 Å². The van der Waals surface area contributed by atoms with E-state index in [4.69, 9.17) is 28.9 Å². The van der Waals surface area contributed by atoms with E-state index in [0.717, 1.165) is 5.56 Å². The maximum Gasteiger partial charge on any atom is 0.0459 e. The lowest BCUT2D eigenvalue weighted by Crippen LogP contribution is -2.13. The van der Waals surface area contributed by atoms with Crippen LogP contribution in [-0.4, -0.2) is 6.54 Å². The topological polar surface area (TPSA) is 26.0 Å². The van der Waals surface area contributed by atoms with Gasteiger partial charge in [0.2, 0.25) is 0 Å². The van der Waals surface area contributed by atoms with Crippen molar-refractivity contribution in [1.29, 1.82) is 0 Å². The highest BCUT2D eigenvalue weighted by atomic mass is 35.5. The number of hydrogen-bond acceptors (Lipinski definition) is 2. The summed E-state index contributed by atoms with van der Waals surface area (Å²) in [6, 6.07) is 9.60. The zero-order chi connectivity index (χ0) is 11.5. The van der Waals surface area contributed by atoms with Gasteiger partial charge in [0, 0.05) is 27.4 Å². The van der Waals surface area contributed by atoms with Crippen molar-refractivity contribution >= 4 is 34.5 Å². The zero-order valence-corrected chi connectivity index (χ0v) is 10.8. The predicted octanol–water partition coefficient (Wildman–Crippen LogP) is 4.15. The molecule has 1 atom stereocenters. The molecule has 1 unspecified atom stereocenters. The lowest BCUT2D eigenvalue weighted by Gasteiger charge is -2.16. The van der Waals surface area contributed by atoms with Crippen LogP contribution in [0.5, 0.6) is 0 Å². The Kier molecular flexibility index (Phi) is 3.87. The summed E-state index contributed by atoms with van der Waals surface area (Å²) in [6.45, 7) is 0.504. The SMILES string of the molecule is NCC(c1cccs1)c1c(Cl)cccc1Cl. The Hall–Kier alpha value is -0.540. The van der Waals surface area contributed by atoms with E-state index in [1.807, 2.05) is 29.6 Å². The highest BCUT2D eigenvalue weighted by molar-refractivity contribution is 7.10. The third-order valence-electron chi connectivity index (χ3n) is 2.47. The van der Waals surface area contributed by atoms with E-state index in [9.17, 15) is 0 Å². The first kappa shape index (κ1) is 11.9. The highest BCUT2D eigenvalue weighted by Crippen LogP contribution is 2.36. The number of hydrogen-bond donors (Lipinski definition) is 1. The molecule has 0 aliphatic heterocycles. The molecular formula is C12H11Cl2NS. The summed E-state index contributed by atoms with van der Waals surface area (Å²) in [5, 5.41) is 3.38. The van der Waals surface area contributed by atoms with Crippen LogP contribution in [0, 0.1) is 0 Å². The van der Waals surface area contributed by atoms with E-state index < -0.39 is 0 Å². The lowest BCUT2D eigenvalue weighted by atomic mass is 9.97. The van der Waals surface area contributed by atoms with Crippen LogP contribution >= 0.6 is 34.5 Å². The van der Waals surface area contributed by atoms with Crippen LogP contribution in [0.3, 0.4) is 0 Å². The van der Waals surface area contributed by atoms with E-state index >= 15 is 0 Å². The average molecular weight is 272 g/mol. The van der Waals surface area contributed by atoms with Crippen molar-refractivity contribution in [2.45, 2.75) is 5.92 Å². The van der Waals surface area contributed by atoms with Gasteiger partial charge in [-0.25, -0.2) is 0 Å². The highest BCUT2D eigenvalue weighted by Gasteiger charge is 2.19. The Labute approximate surface area is 109 Å². The van der Waals surface area contributed by atoms with Gasteiger partial charge in [0.15, 0.2) is 0 Å². The maximum absolute atomic E-state index is 6.18. The monoisotopic (exact) mass is 271 g/mol. The molecule has 16 heavy (non-hydrogen) atoms. The van der Waals surface area contributed by atoms with Gasteiger partial charge >= 0.3 is 0 Å². The summed E-state index contributed by atoms with van der Waals surface area (Å²) in [6.07, 6.45) is 0. The number of halogens is 2. The van der Waals surface area contributed by atoms with Gasteiger partial charge in [0.25, 0.3) is 0 Å². The first-order valence-corrected chi connectivity index (χ1v) is 6.55. The normalized spacial score (nSPS) is 12.7. The second-order valence-electron chi connectivity index (χ2n) is 3.44. The minimum atomic E-state index is 0.0844. The largest absolute Gasteiger partial charge is 0.329 e. The molecule has 0 aliphatic rings. The third kappa shape index (κ3) is 2.25. The molecule has 0 aliphatic carbocycles. The van der Waals surface area contributed by atoms with E-state index in [0.29, 0.717) is 16.6 Å². The lowest BCUT2D eigenvalue weighted by molar-refractivity contribution is 0.836. The Balaban J connectivity index is 2.49. The molecule has 2 aromatic rings. The Morgan fingerprint density at radius 1 is 1.12 bits per heavy atom. The van der Waals surface area contributed by atoms with Gasteiger partial charge in [0.1, 0.15) is 0 Å². The van der Waals surface area contributed by atoms with Gasteiger partial charge in [-0.05, 0) is 29.1 Å². The van der Waals surface area contributed by atoms with Gasteiger partial charge in [-0.1, -0.05) is 35.3 Å². The van der Waals surface area contributed by atoms with Gasteiger partial charge in [0.05, 0.1) is 0 Å². The Morgan fingerprint density at radius 3 is 2.31 bits per heavy atom. The van der Waals surface area contributed by atoms with Crippen LogP contribution < -0.4 is 5.73 Å². The molecule has 84 valence electrons. The third-order valence-corrected chi connectivity index (χ3v) is 4.12. The van der Waals surface area contributed by atoms with Gasteiger partial charge < -0.3 is 5.73 Å². The molecule has 0 saturated heterocycles. The summed E-state index contributed by atoms with van der Waals surface area (Å²) in [5.74, 6) is 0.0844. The van der Waals surface area contributed by atoms with Crippen LogP contribution in [0.4, 0.5) is 0 Å². The number of thiophene rings is 1. The first-order chi connectivity index (χ1) is 7.74. The molecule has 2 N–H and O–H groups in total. The van der Waals surface area contributed by atoms with Crippen LogP contribution in [0.15, 0.2) is 35.7 Å². The fraction of sp³-hybridized carbons (Fsp3) is 0.167. The van der Waals surface area contributed by atoms with Crippen molar-refractivity contribution in [2.75, 3.05) is 6.54 Å². The zero-order valence-electron chi connectivity index (χ0n) is 8.49. The van der Waals surface area contributed by atoms with Crippen molar-refractivity contribution in [1.82, 2.24) is 0 Å². The van der Waals surface area contributed by atoms with Crippen LogP contribution in [0.25, 0.3) is 0 Å². The second-order valence-corrected chi connectivity index (χ2v) is 5.23. The molecule has 0 radical (unpaired) electrons. The summed E-state index contributed by atoms with van der Waals surface area (Å²) < 4.78 is 0. The first-order valence-electron chi connectivity index (χ1n) is 4.91. The van der Waals surface area contributed by atoms with Gasteiger partial charge in [-0.15, -0.1) is 11.3 Å². The van der Waals surface area contributed by atoms with E-state index in [2.05, 4.69) is 6.07 Å². The average Bonchev–Trinajstić information content (AvgIpc) is 2.77. The van der Waals surface area contributed by atoms with Crippen LogP contribution in [0.2, 0.25) is 10.0 Å². The van der Waals surface area contributed by atoms with Crippen molar-refractivity contribution in [2.24, 2.45) is 5.73 Å². The molecular weight excluding hydrogens is 261 g/mol. The molecule has 0 spiro atoms. The maximum atomic E-state index is 6.18. The molecule has 1 nitrogen and oxygen atoms in total. The fourth-order valence-corrected chi connectivity index (χ4v) is 3.22. The predicted molar refractivity (Wildman–Crippen MR) is 71.7 cm³/mol. The molecule has 2 rings (SSSR count). The molecule has 0 fully saturated rings. The van der Waals surface area contributed by atoms with Crippen molar-refractivity contribution in [3.8, 4) is 0 Å². The summed E-state index contributed by atoms with van der Waals surface area (Å²) >= 11 is 14.0. The smallest absolute Gasteiger partial charge is 0.0459 e. The number of benzene rings is 1. The van der Waals surface area contributed by atoms with E-state index in [-0.39, 0.29) is 5.92 Å². The molecule has 0 amide bonds. The quantitative estimate of drug-likeness (QED) is 0.892. The molecule has 0 bridgehead atoms. The minimum absolute atomic E-state index is 0.0844. The molecule has 4 heteroatoms. The van der Waals surface area contributed by atoms with Crippen molar-refractivity contribution < 1.29 is 0 Å². The number of rotatable bonds is 3. The van der Waals surface area contributed by atoms with Crippen molar-refractivity contribution in [3.05, 3.63) is 56.2 Å². The summed E-state index contributed by atoms with van der Waals surface area (Å²) in [5.41, 5.74) is 6.75. The Morgan fingerprint density at radius 2 is 1.81 bits per heavy atom. The van der Waals surface area contributed by atoms with Crippen LogP contribution in [0.1, 0.15) is 16.4 Å². The molecule has 1 aromatic heterocycles. The molecule has 1 heterocycles. The molecule has 0 saturated carbocycles. The van der Waals surface area contributed by atoms with E-state index in [1.54, 1.807) is 11.3 Å².